The number of nitrogens with two attached hydrogens (primary N) is 1. The zero-order valence-electron chi connectivity index (χ0n) is 11.3. The van der Waals surface area contributed by atoms with Crippen molar-refractivity contribution in [1.82, 2.24) is 0 Å². The maximum absolute atomic E-state index is 12.0. The highest BCUT2D eigenvalue weighted by atomic mass is 35.5. The number of hydrogen-bond acceptors (Lipinski definition) is 5. The summed E-state index contributed by atoms with van der Waals surface area (Å²) in [6.07, 6.45) is 0. The summed E-state index contributed by atoms with van der Waals surface area (Å²) in [7, 11) is 2.90. The Kier molecular flexibility index (Phi) is 5.45. The van der Waals surface area contributed by atoms with Crippen molar-refractivity contribution in [2.24, 2.45) is 16.8 Å². The van der Waals surface area contributed by atoms with E-state index in [9.17, 15) is 4.79 Å². The predicted octanol–water partition coefficient (Wildman–Crippen LogP) is 1.68. The molecule has 0 saturated carbocycles. The molecule has 1 unspecified atom stereocenters. The van der Waals surface area contributed by atoms with Gasteiger partial charge in [0.25, 0.3) is 0 Å². The largest absolute Gasteiger partial charge is 0.495 e. The van der Waals surface area contributed by atoms with Crippen LogP contribution in [0.3, 0.4) is 0 Å². The molecule has 8 heteroatoms. The lowest BCUT2D eigenvalue weighted by molar-refractivity contribution is -0.117. The number of nitrogens with one attached hydrogen (secondary N) is 1. The smallest absolute Gasteiger partial charge is 0.235 e. The normalized spacial score (nSPS) is 12.7. The van der Waals surface area contributed by atoms with Crippen LogP contribution in [0.1, 0.15) is 6.92 Å². The predicted molar refractivity (Wildman–Crippen MR) is 75.8 cm³/mol. The quantitative estimate of drug-likeness (QED) is 0.332. The number of amidine groups is 1. The summed E-state index contributed by atoms with van der Waals surface area (Å²) >= 11 is 5.96. The van der Waals surface area contributed by atoms with Gasteiger partial charge in [0.15, 0.2) is 5.84 Å². The molecule has 0 heterocycles. The van der Waals surface area contributed by atoms with E-state index in [1.54, 1.807) is 0 Å². The van der Waals surface area contributed by atoms with Crippen LogP contribution in [0.4, 0.5) is 5.69 Å². The highest BCUT2D eigenvalue weighted by Crippen LogP contribution is 2.36. The molecule has 0 radical (unpaired) electrons. The Balaban J connectivity index is 3.05. The van der Waals surface area contributed by atoms with Gasteiger partial charge in [-0.1, -0.05) is 16.8 Å². The van der Waals surface area contributed by atoms with Crippen molar-refractivity contribution in [3.8, 4) is 11.5 Å². The van der Waals surface area contributed by atoms with Gasteiger partial charge in [0.1, 0.15) is 11.5 Å². The molecule has 7 nitrogen and oxygen atoms in total. The zero-order valence-corrected chi connectivity index (χ0v) is 12.1. The fraction of sp³-hybridized carbons (Fsp3) is 0.333. The van der Waals surface area contributed by atoms with Crippen LogP contribution < -0.4 is 20.5 Å². The summed E-state index contributed by atoms with van der Waals surface area (Å²) < 4.78 is 10.2. The number of carbonyl (C=O) groups is 1. The molecule has 0 aliphatic heterocycles. The topological polar surface area (TPSA) is 106 Å². The number of halogens is 1. The molecule has 1 amide bonds. The molecule has 1 atom stereocenters. The summed E-state index contributed by atoms with van der Waals surface area (Å²) in [6, 6.07) is 3.04. The van der Waals surface area contributed by atoms with Crippen LogP contribution >= 0.6 is 11.6 Å². The molecule has 0 bridgehead atoms. The molecule has 110 valence electrons. The number of ether oxygens (including phenoxy) is 2. The summed E-state index contributed by atoms with van der Waals surface area (Å²) in [5.74, 6) is -0.688. The first-order valence-corrected chi connectivity index (χ1v) is 6.02. The van der Waals surface area contributed by atoms with Gasteiger partial charge in [-0.2, -0.15) is 0 Å². The van der Waals surface area contributed by atoms with Crippen LogP contribution in [0.5, 0.6) is 11.5 Å². The number of benzene rings is 1. The summed E-state index contributed by atoms with van der Waals surface area (Å²) in [5.41, 5.74) is 5.76. The number of rotatable bonds is 5. The first kappa shape index (κ1) is 15.9. The lowest BCUT2D eigenvalue weighted by Gasteiger charge is -2.15. The van der Waals surface area contributed by atoms with Gasteiger partial charge in [-0.25, -0.2) is 0 Å². The van der Waals surface area contributed by atoms with Gasteiger partial charge in [0.05, 0.1) is 30.8 Å². The monoisotopic (exact) mass is 301 g/mol. The van der Waals surface area contributed by atoms with Crippen molar-refractivity contribution in [1.29, 1.82) is 0 Å². The van der Waals surface area contributed by atoms with Crippen LogP contribution in [0, 0.1) is 5.92 Å². The number of nitrogens with zero attached hydrogens (tertiary/aromatic N) is 1. The third-order valence-electron chi connectivity index (χ3n) is 2.68. The molecular formula is C12H16ClN3O4. The molecule has 4 N–H and O–H groups in total. The third-order valence-corrected chi connectivity index (χ3v) is 2.98. The van der Waals surface area contributed by atoms with E-state index in [0.29, 0.717) is 22.2 Å². The molecule has 1 aromatic rings. The molecule has 0 aromatic heterocycles. The lowest BCUT2D eigenvalue weighted by Crippen LogP contribution is -2.32. The van der Waals surface area contributed by atoms with E-state index in [2.05, 4.69) is 10.5 Å². The van der Waals surface area contributed by atoms with Gasteiger partial charge in [0, 0.05) is 12.1 Å². The third kappa shape index (κ3) is 3.45. The number of amides is 1. The summed E-state index contributed by atoms with van der Waals surface area (Å²) in [6.45, 7) is 1.50. The Morgan fingerprint density at radius 3 is 2.50 bits per heavy atom. The summed E-state index contributed by atoms with van der Waals surface area (Å²) in [5, 5.41) is 14.3. The SMILES string of the molecule is COc1cc(NC(=O)C(C)C(N)=NO)c(OC)cc1Cl. The Hall–Kier alpha value is -2.15. The fourth-order valence-electron chi connectivity index (χ4n) is 1.42. The number of carbonyl (C=O) groups excluding carboxylic acids is 1. The van der Waals surface area contributed by atoms with Crippen molar-refractivity contribution in [3.05, 3.63) is 17.2 Å². The van der Waals surface area contributed by atoms with E-state index in [1.165, 1.54) is 33.3 Å². The van der Waals surface area contributed by atoms with Crippen molar-refractivity contribution in [3.63, 3.8) is 0 Å². The van der Waals surface area contributed by atoms with Crippen molar-refractivity contribution in [2.45, 2.75) is 6.92 Å². The number of methoxy groups -OCH3 is 2. The Morgan fingerprint density at radius 2 is 2.00 bits per heavy atom. The van der Waals surface area contributed by atoms with Crippen LogP contribution in [0.25, 0.3) is 0 Å². The lowest BCUT2D eigenvalue weighted by atomic mass is 10.1. The average molecular weight is 302 g/mol. The van der Waals surface area contributed by atoms with E-state index in [4.69, 9.17) is 32.0 Å². The van der Waals surface area contributed by atoms with Crippen LogP contribution in [-0.2, 0) is 4.79 Å². The van der Waals surface area contributed by atoms with Crippen LogP contribution in [0.2, 0.25) is 5.02 Å². The molecular weight excluding hydrogens is 286 g/mol. The van der Waals surface area contributed by atoms with E-state index in [1.807, 2.05) is 0 Å². The molecule has 0 aliphatic carbocycles. The van der Waals surface area contributed by atoms with Crippen molar-refractivity contribution in [2.75, 3.05) is 19.5 Å². The summed E-state index contributed by atoms with van der Waals surface area (Å²) in [4.78, 5) is 12.0. The number of oxime groups is 1. The van der Waals surface area contributed by atoms with Gasteiger partial charge in [0.2, 0.25) is 5.91 Å². The van der Waals surface area contributed by atoms with Crippen molar-refractivity contribution >= 4 is 29.0 Å². The number of anilines is 1. The minimum absolute atomic E-state index is 0.192. The highest BCUT2D eigenvalue weighted by Gasteiger charge is 2.20. The zero-order chi connectivity index (χ0) is 15.3. The number of hydrogen-bond donors (Lipinski definition) is 3. The van der Waals surface area contributed by atoms with E-state index in [-0.39, 0.29) is 5.84 Å². The second kappa shape index (κ2) is 6.85. The van der Waals surface area contributed by atoms with Crippen LogP contribution in [-0.4, -0.2) is 31.2 Å². The Morgan fingerprint density at radius 1 is 1.40 bits per heavy atom. The second-order valence-electron chi connectivity index (χ2n) is 3.92. The minimum atomic E-state index is -0.800. The van der Waals surface area contributed by atoms with Gasteiger partial charge >= 0.3 is 0 Å². The second-order valence-corrected chi connectivity index (χ2v) is 4.33. The molecule has 1 rings (SSSR count). The maximum Gasteiger partial charge on any atom is 0.235 e. The molecule has 0 spiro atoms. The molecule has 0 aliphatic rings. The fourth-order valence-corrected chi connectivity index (χ4v) is 1.65. The molecule has 0 saturated heterocycles. The van der Waals surface area contributed by atoms with Gasteiger partial charge < -0.3 is 25.7 Å². The molecule has 1 aromatic carbocycles. The Labute approximate surface area is 121 Å². The standard InChI is InChI=1S/C12H16ClN3O4/c1-6(11(14)16-18)12(17)15-8-5-9(19-2)7(13)4-10(8)20-3/h4-6,18H,1-3H3,(H2,14,16)(H,15,17). The van der Waals surface area contributed by atoms with Crippen molar-refractivity contribution < 1.29 is 19.5 Å². The van der Waals surface area contributed by atoms with E-state index < -0.39 is 11.8 Å². The maximum atomic E-state index is 12.0. The molecule has 20 heavy (non-hydrogen) atoms. The first-order chi connectivity index (χ1) is 9.44. The van der Waals surface area contributed by atoms with Gasteiger partial charge in [-0.05, 0) is 6.92 Å². The van der Waals surface area contributed by atoms with Crippen LogP contribution in [0.15, 0.2) is 17.3 Å². The average Bonchev–Trinajstić information content (AvgIpc) is 2.46. The Bertz CT molecular complexity index is 534. The van der Waals surface area contributed by atoms with Gasteiger partial charge in [-0.3, -0.25) is 4.79 Å². The minimum Gasteiger partial charge on any atom is -0.495 e. The van der Waals surface area contributed by atoms with Gasteiger partial charge in [-0.15, -0.1) is 0 Å². The van der Waals surface area contributed by atoms with E-state index >= 15 is 0 Å². The van der Waals surface area contributed by atoms with E-state index in [0.717, 1.165) is 0 Å². The molecule has 0 fully saturated rings. The first-order valence-electron chi connectivity index (χ1n) is 5.64. The highest BCUT2D eigenvalue weighted by molar-refractivity contribution is 6.32.